The Morgan fingerprint density at radius 1 is 1.53 bits per heavy atom. The molecule has 0 amide bonds. The number of rotatable bonds is 2. The van der Waals surface area contributed by atoms with Crippen molar-refractivity contribution in [1.29, 1.82) is 0 Å². The number of ether oxygens (including phenoxy) is 1. The van der Waals surface area contributed by atoms with Gasteiger partial charge in [0, 0.05) is 5.48 Å². The summed E-state index contributed by atoms with van der Waals surface area (Å²) in [5, 5.41) is 13.0. The highest BCUT2D eigenvalue weighted by Gasteiger charge is 2.33. The van der Waals surface area contributed by atoms with Crippen molar-refractivity contribution < 1.29 is 20.1 Å². The van der Waals surface area contributed by atoms with Crippen LogP contribution in [0.5, 0.6) is 0 Å². The predicted octanol–water partition coefficient (Wildman–Crippen LogP) is 0.833. The average molecular weight is 219 g/mol. The molecule has 4 heteroatoms. The monoisotopic (exact) mass is 219 g/mol. The van der Waals surface area contributed by atoms with Gasteiger partial charge in [-0.2, -0.15) is 0 Å². The van der Waals surface area contributed by atoms with Crippen LogP contribution in [-0.2, 0) is 9.53 Å². The van der Waals surface area contributed by atoms with E-state index in [4.69, 9.17) is 10.2 Å². The number of piperidine rings is 1. The van der Waals surface area contributed by atoms with Gasteiger partial charge in [0.1, 0.15) is 5.60 Å². The summed E-state index contributed by atoms with van der Waals surface area (Å²) in [6.07, 6.45) is -5.23. The van der Waals surface area contributed by atoms with E-state index in [0.29, 0.717) is 0 Å². The van der Waals surface area contributed by atoms with E-state index in [-0.39, 0.29) is 13.1 Å². The van der Waals surface area contributed by atoms with Crippen molar-refractivity contribution in [3.05, 3.63) is 0 Å². The first kappa shape index (κ1) is 7.63. The summed E-state index contributed by atoms with van der Waals surface area (Å²) in [4.78, 5) is 11.8. The molecule has 0 bridgehead atoms. The number of carbonyl (C=O) groups is 1. The Kier molecular flexibility index (Phi) is 2.28. The third-order valence-corrected chi connectivity index (χ3v) is 1.83. The Labute approximate surface area is 96.6 Å². The van der Waals surface area contributed by atoms with Crippen molar-refractivity contribution in [2.75, 3.05) is 13.1 Å². The molecule has 1 aliphatic rings. The molecule has 2 N–H and O–H groups in total. The maximum absolute atomic E-state index is 11.8. The maximum Gasteiger partial charge on any atom is 0.309 e. The van der Waals surface area contributed by atoms with E-state index in [9.17, 15) is 9.90 Å². The van der Waals surface area contributed by atoms with Crippen LogP contribution < -0.4 is 5.32 Å². The molecule has 0 radical (unpaired) electrons. The zero-order valence-corrected chi connectivity index (χ0v) is 9.39. The number of carbonyl (C=O) groups excluding carboxylic acids is 1. The van der Waals surface area contributed by atoms with Crippen LogP contribution in [0.3, 0.4) is 0 Å². The third-order valence-electron chi connectivity index (χ3n) is 1.83. The summed E-state index contributed by atoms with van der Waals surface area (Å²) < 4.78 is 36.1. The fourth-order valence-electron chi connectivity index (χ4n) is 1.25. The minimum absolute atomic E-state index is 0.216. The average Bonchev–Trinajstić information content (AvgIpc) is 2.10. The van der Waals surface area contributed by atoms with E-state index in [0.717, 1.165) is 0 Å². The largest absolute Gasteiger partial charge is 0.460 e. The molecule has 0 saturated carbocycles. The van der Waals surface area contributed by atoms with Gasteiger partial charge in [-0.1, -0.05) is 0 Å². The van der Waals surface area contributed by atoms with Crippen LogP contribution in [-0.4, -0.2) is 35.4 Å². The summed E-state index contributed by atoms with van der Waals surface area (Å²) >= 11 is 0. The minimum atomic E-state index is -2.41. The molecule has 1 fully saturated rings. The zero-order valence-electron chi connectivity index (χ0n) is 13.4. The van der Waals surface area contributed by atoms with Crippen LogP contribution >= 0.6 is 0 Å². The van der Waals surface area contributed by atoms with Gasteiger partial charge in [-0.25, -0.2) is 0 Å². The molecule has 0 aromatic rings. The predicted molar refractivity (Wildman–Crippen MR) is 57.5 cm³/mol. The molecule has 1 saturated heterocycles. The Morgan fingerprint density at radius 2 is 2.07 bits per heavy atom. The summed E-state index contributed by atoms with van der Waals surface area (Å²) in [5.41, 5.74) is -3.17. The fraction of sp³-hybridized carbons (Fsp3) is 0.909. The molecule has 1 heterocycles. The smallest absolute Gasteiger partial charge is 0.309 e. The summed E-state index contributed by atoms with van der Waals surface area (Å²) in [7, 11) is 0. The van der Waals surface area contributed by atoms with Gasteiger partial charge < -0.3 is 15.2 Å². The Bertz CT molecular complexity index is 349. The van der Waals surface area contributed by atoms with Gasteiger partial charge in [0.05, 0.1) is 12.0 Å². The van der Waals surface area contributed by atoms with Crippen molar-refractivity contribution in [3.8, 4) is 0 Å². The maximum atomic E-state index is 11.8. The number of hydrogen-bond donors (Lipinski definition) is 2. The van der Waals surface area contributed by atoms with Crippen molar-refractivity contribution in [2.24, 2.45) is 0 Å². The van der Waals surface area contributed by atoms with Gasteiger partial charge in [-0.3, -0.25) is 4.79 Å². The number of aliphatic hydroxyl groups is 1. The summed E-state index contributed by atoms with van der Waals surface area (Å²) in [6.45, 7) is 4.53. The lowest BCUT2D eigenvalue weighted by Gasteiger charge is -2.32. The van der Waals surface area contributed by atoms with Crippen LogP contribution in [0, 0.1) is 0 Å². The topological polar surface area (TPSA) is 58.6 Å². The van der Waals surface area contributed by atoms with Crippen LogP contribution in [0.1, 0.15) is 45.4 Å². The van der Waals surface area contributed by atoms with Gasteiger partial charge in [0.25, 0.3) is 0 Å². The highest BCUT2D eigenvalue weighted by molar-refractivity contribution is 5.71. The molecule has 1 rings (SSSR count). The summed E-state index contributed by atoms with van der Waals surface area (Å²) in [5.74, 6) is -0.815. The molecule has 0 aromatic heterocycles. The fourth-order valence-corrected chi connectivity index (χ4v) is 1.25. The second kappa shape index (κ2) is 4.49. The van der Waals surface area contributed by atoms with Crippen molar-refractivity contribution in [1.82, 2.24) is 5.32 Å². The molecular weight excluding hydrogens is 194 g/mol. The van der Waals surface area contributed by atoms with Crippen LogP contribution in [0.25, 0.3) is 0 Å². The second-order valence-electron chi connectivity index (χ2n) is 4.58. The van der Waals surface area contributed by atoms with Crippen LogP contribution in [0.2, 0.25) is 0 Å². The molecule has 4 nitrogen and oxygen atoms in total. The van der Waals surface area contributed by atoms with Crippen molar-refractivity contribution in [3.63, 3.8) is 0 Å². The number of nitrogens with one attached hydrogen (secondary N) is 1. The van der Waals surface area contributed by atoms with E-state index in [1.165, 1.54) is 0 Å². The molecule has 1 aliphatic heterocycles. The van der Waals surface area contributed by atoms with Gasteiger partial charge in [-0.05, 0) is 46.6 Å². The third kappa shape index (κ3) is 4.62. The Balaban J connectivity index is 2.95. The molecule has 0 spiro atoms. The molecule has 15 heavy (non-hydrogen) atoms. The lowest BCUT2D eigenvalue weighted by Crippen LogP contribution is -2.44. The second-order valence-corrected chi connectivity index (χ2v) is 4.58. The molecule has 88 valence electrons. The molecule has 0 aliphatic carbocycles. The highest BCUT2D eigenvalue weighted by Crippen LogP contribution is 2.23. The van der Waals surface area contributed by atoms with E-state index in [2.05, 4.69) is 5.32 Å². The van der Waals surface area contributed by atoms with Crippen LogP contribution in [0.4, 0.5) is 0 Å². The highest BCUT2D eigenvalue weighted by atomic mass is 16.6. The standard InChI is InChI=1S/C11H21NO3/c1-10(2,3)15-9(13)8-11(14)4-6-12-7-5-11/h12,14H,4-8H2,1-3H3/i4D2,5D2. The lowest BCUT2D eigenvalue weighted by molar-refractivity contribution is -0.161. The molecule has 0 unspecified atom stereocenters. The number of esters is 1. The lowest BCUT2D eigenvalue weighted by atomic mass is 9.89. The van der Waals surface area contributed by atoms with Gasteiger partial charge in [0.15, 0.2) is 0 Å². The number of hydrogen-bond acceptors (Lipinski definition) is 4. The van der Waals surface area contributed by atoms with Gasteiger partial charge in [0.2, 0.25) is 0 Å². The minimum Gasteiger partial charge on any atom is -0.460 e. The van der Waals surface area contributed by atoms with Crippen LogP contribution in [0.15, 0.2) is 0 Å². The normalized spacial score (nSPS) is 31.7. The van der Waals surface area contributed by atoms with E-state index in [1.807, 2.05) is 0 Å². The van der Waals surface area contributed by atoms with Gasteiger partial charge in [-0.15, -0.1) is 0 Å². The molecule has 0 atom stereocenters. The Hall–Kier alpha value is -0.610. The first-order chi connectivity index (χ1) is 8.31. The molecular formula is C11H21NO3. The summed E-state index contributed by atoms with van der Waals surface area (Å²) in [6, 6.07) is 0. The van der Waals surface area contributed by atoms with E-state index >= 15 is 0 Å². The Morgan fingerprint density at radius 3 is 2.53 bits per heavy atom. The molecule has 0 aromatic carbocycles. The first-order valence-corrected chi connectivity index (χ1v) is 4.96. The van der Waals surface area contributed by atoms with E-state index in [1.54, 1.807) is 20.8 Å². The SMILES string of the molecule is [2H]C1([2H])CNCC([2H])([2H])C1(O)CC(=O)OC(C)(C)C. The van der Waals surface area contributed by atoms with Crippen molar-refractivity contribution >= 4 is 5.97 Å². The quantitative estimate of drug-likeness (QED) is 0.675. The van der Waals surface area contributed by atoms with E-state index < -0.39 is 36.3 Å². The first-order valence-electron chi connectivity index (χ1n) is 6.96. The van der Waals surface area contributed by atoms with Gasteiger partial charge >= 0.3 is 5.97 Å². The van der Waals surface area contributed by atoms with Crippen molar-refractivity contribution in [2.45, 2.75) is 51.1 Å². The zero-order chi connectivity index (χ0) is 15.1.